The second-order valence-electron chi connectivity index (χ2n) is 8.17. The zero-order valence-corrected chi connectivity index (χ0v) is 18.0. The van der Waals surface area contributed by atoms with E-state index in [0.29, 0.717) is 13.2 Å². The fraction of sp³-hybridized carbons (Fsp3) is 0.647. The number of ether oxygens (including phenoxy) is 1. The molecule has 0 bridgehead atoms. The molecule has 0 saturated carbocycles. The van der Waals surface area contributed by atoms with Gasteiger partial charge >= 0.3 is 6.18 Å². The molecule has 0 aliphatic carbocycles. The SMILES string of the molecule is CC(C)CNc1nc(Cl)nc2c1c(C(F)(F)F)cn2COCC[Si](C)(C)C. The van der Waals surface area contributed by atoms with Gasteiger partial charge in [0.25, 0.3) is 0 Å². The number of aromatic nitrogens is 3. The maximum Gasteiger partial charge on any atom is 0.418 e. The molecule has 5 nitrogen and oxygen atoms in total. The van der Waals surface area contributed by atoms with E-state index in [1.165, 1.54) is 4.57 Å². The van der Waals surface area contributed by atoms with E-state index in [4.69, 9.17) is 16.3 Å². The van der Waals surface area contributed by atoms with Crippen LogP contribution >= 0.6 is 11.6 Å². The van der Waals surface area contributed by atoms with Gasteiger partial charge in [-0.1, -0.05) is 33.5 Å². The first-order chi connectivity index (χ1) is 12.4. The van der Waals surface area contributed by atoms with Crippen molar-refractivity contribution in [3.63, 3.8) is 0 Å². The first-order valence-electron chi connectivity index (χ1n) is 8.83. The van der Waals surface area contributed by atoms with Gasteiger partial charge in [0, 0.05) is 27.4 Å². The predicted octanol–water partition coefficient (Wildman–Crippen LogP) is 5.48. The van der Waals surface area contributed by atoms with Gasteiger partial charge in [0.15, 0.2) is 0 Å². The van der Waals surface area contributed by atoms with E-state index in [0.717, 1.165) is 12.2 Å². The third-order valence-corrected chi connectivity index (χ3v) is 5.77. The quantitative estimate of drug-likeness (QED) is 0.347. The maximum atomic E-state index is 13.6. The van der Waals surface area contributed by atoms with E-state index in [2.05, 4.69) is 34.9 Å². The Labute approximate surface area is 163 Å². The van der Waals surface area contributed by atoms with Gasteiger partial charge in [-0.3, -0.25) is 0 Å². The summed E-state index contributed by atoms with van der Waals surface area (Å²) >= 11 is 5.96. The standard InChI is InChI=1S/C17H26ClF3N4OSi/c1-11(2)8-22-14-13-12(17(19,20)21)9-25(15(13)24-16(18)23-14)10-26-6-7-27(3,4)5/h9,11H,6-8,10H2,1-5H3,(H,22,23,24). The highest BCUT2D eigenvalue weighted by molar-refractivity contribution is 6.76. The molecule has 0 spiro atoms. The molecule has 0 aliphatic heterocycles. The van der Waals surface area contributed by atoms with Crippen molar-refractivity contribution < 1.29 is 17.9 Å². The third-order valence-electron chi connectivity index (χ3n) is 3.90. The Bertz CT molecular complexity index is 787. The van der Waals surface area contributed by atoms with Gasteiger partial charge < -0.3 is 14.6 Å². The first kappa shape index (κ1) is 22.0. The van der Waals surface area contributed by atoms with Crippen LogP contribution in [0.4, 0.5) is 19.0 Å². The molecule has 0 atom stereocenters. The molecule has 0 saturated heterocycles. The fourth-order valence-corrected chi connectivity index (χ4v) is 3.36. The van der Waals surface area contributed by atoms with E-state index in [9.17, 15) is 13.2 Å². The van der Waals surface area contributed by atoms with Crippen LogP contribution in [0.5, 0.6) is 0 Å². The molecule has 27 heavy (non-hydrogen) atoms. The number of hydrogen-bond donors (Lipinski definition) is 1. The lowest BCUT2D eigenvalue weighted by molar-refractivity contribution is -0.136. The lowest BCUT2D eigenvalue weighted by Gasteiger charge is -2.15. The molecular formula is C17H26ClF3N4OSi. The largest absolute Gasteiger partial charge is 0.418 e. The van der Waals surface area contributed by atoms with Crippen molar-refractivity contribution in [3.05, 3.63) is 17.0 Å². The zero-order valence-electron chi connectivity index (χ0n) is 16.2. The summed E-state index contributed by atoms with van der Waals surface area (Å²) in [5.74, 6) is 0.321. The van der Waals surface area contributed by atoms with Crippen LogP contribution in [0.2, 0.25) is 31.0 Å². The monoisotopic (exact) mass is 422 g/mol. The molecule has 2 heterocycles. The summed E-state index contributed by atoms with van der Waals surface area (Å²) in [6, 6.07) is 0.926. The second-order valence-corrected chi connectivity index (χ2v) is 14.1. The summed E-state index contributed by atoms with van der Waals surface area (Å²) in [6.45, 7) is 11.5. The fourth-order valence-electron chi connectivity index (χ4n) is 2.44. The summed E-state index contributed by atoms with van der Waals surface area (Å²) in [7, 11) is -1.28. The molecule has 0 amide bonds. The Kier molecular flexibility index (Phi) is 6.80. The Balaban J connectivity index is 2.40. The van der Waals surface area contributed by atoms with Crippen LogP contribution in [0.15, 0.2) is 6.20 Å². The van der Waals surface area contributed by atoms with Crippen LogP contribution < -0.4 is 5.32 Å². The number of anilines is 1. The Morgan fingerprint density at radius 3 is 2.48 bits per heavy atom. The van der Waals surface area contributed by atoms with Gasteiger partial charge in [-0.15, -0.1) is 0 Å². The van der Waals surface area contributed by atoms with Crippen molar-refractivity contribution in [1.29, 1.82) is 0 Å². The molecule has 0 fully saturated rings. The molecule has 0 aliphatic rings. The summed E-state index contributed by atoms with van der Waals surface area (Å²) in [6.07, 6.45) is -3.52. The number of hydrogen-bond acceptors (Lipinski definition) is 4. The number of halogens is 4. The van der Waals surface area contributed by atoms with Crippen LogP contribution in [0.25, 0.3) is 11.0 Å². The molecule has 0 unspecified atom stereocenters. The average Bonchev–Trinajstić information content (AvgIpc) is 2.87. The van der Waals surface area contributed by atoms with Gasteiger partial charge in [0.2, 0.25) is 5.28 Å². The minimum Gasteiger partial charge on any atom is -0.369 e. The molecule has 1 N–H and O–H groups in total. The summed E-state index contributed by atoms with van der Waals surface area (Å²) in [4.78, 5) is 8.02. The van der Waals surface area contributed by atoms with Gasteiger partial charge in [-0.05, 0) is 23.6 Å². The Morgan fingerprint density at radius 2 is 1.93 bits per heavy atom. The van der Waals surface area contributed by atoms with Gasteiger partial charge in [-0.2, -0.15) is 18.2 Å². The minimum atomic E-state index is -4.53. The van der Waals surface area contributed by atoms with Crippen LogP contribution in [0, 0.1) is 5.92 Å². The number of nitrogens with zero attached hydrogens (tertiary/aromatic N) is 3. The molecule has 0 aromatic carbocycles. The number of nitrogens with one attached hydrogen (secondary N) is 1. The molecule has 2 aromatic rings. The van der Waals surface area contributed by atoms with Crippen molar-refractivity contribution in [2.75, 3.05) is 18.5 Å². The van der Waals surface area contributed by atoms with E-state index in [1.807, 2.05) is 13.8 Å². The topological polar surface area (TPSA) is 52.0 Å². The van der Waals surface area contributed by atoms with Gasteiger partial charge in [-0.25, -0.2) is 4.98 Å². The van der Waals surface area contributed by atoms with E-state index >= 15 is 0 Å². The predicted molar refractivity (Wildman–Crippen MR) is 105 cm³/mol. The van der Waals surface area contributed by atoms with Crippen molar-refractivity contribution in [2.45, 2.75) is 52.4 Å². The van der Waals surface area contributed by atoms with Gasteiger partial charge in [0.1, 0.15) is 18.2 Å². The summed E-state index contributed by atoms with van der Waals surface area (Å²) in [5, 5.41) is 2.77. The van der Waals surface area contributed by atoms with Gasteiger partial charge in [0.05, 0.1) is 10.9 Å². The number of rotatable bonds is 8. The van der Waals surface area contributed by atoms with Crippen molar-refractivity contribution in [3.8, 4) is 0 Å². The normalized spacial score (nSPS) is 13.0. The maximum absolute atomic E-state index is 13.6. The lowest BCUT2D eigenvalue weighted by atomic mass is 10.2. The molecule has 10 heteroatoms. The average molecular weight is 423 g/mol. The van der Waals surface area contributed by atoms with Crippen LogP contribution in [0.3, 0.4) is 0 Å². The van der Waals surface area contributed by atoms with E-state index in [1.54, 1.807) is 0 Å². The highest BCUT2D eigenvalue weighted by atomic mass is 35.5. The molecule has 2 aromatic heterocycles. The number of alkyl halides is 3. The summed E-state index contributed by atoms with van der Waals surface area (Å²) in [5.41, 5.74) is -0.684. The molecule has 2 rings (SSSR count). The van der Waals surface area contributed by atoms with Crippen molar-refractivity contribution in [1.82, 2.24) is 14.5 Å². The minimum absolute atomic E-state index is 0.0198. The molecular weight excluding hydrogens is 397 g/mol. The zero-order chi connectivity index (χ0) is 20.4. The highest BCUT2D eigenvalue weighted by Crippen LogP contribution is 2.39. The third kappa shape index (κ3) is 6.08. The smallest absolute Gasteiger partial charge is 0.369 e. The van der Waals surface area contributed by atoms with Crippen LogP contribution in [0.1, 0.15) is 19.4 Å². The first-order valence-corrected chi connectivity index (χ1v) is 12.9. The van der Waals surface area contributed by atoms with Crippen molar-refractivity contribution >= 4 is 36.5 Å². The molecule has 152 valence electrons. The number of fused-ring (bicyclic) bond motifs is 1. The van der Waals surface area contributed by atoms with E-state index in [-0.39, 0.29) is 34.8 Å². The highest BCUT2D eigenvalue weighted by Gasteiger charge is 2.36. The van der Waals surface area contributed by atoms with Crippen LogP contribution in [-0.2, 0) is 17.6 Å². The van der Waals surface area contributed by atoms with Crippen LogP contribution in [-0.4, -0.2) is 35.8 Å². The molecule has 0 radical (unpaired) electrons. The lowest BCUT2D eigenvalue weighted by Crippen LogP contribution is -2.22. The summed E-state index contributed by atoms with van der Waals surface area (Å²) < 4.78 is 47.7. The Hall–Kier alpha value is -1.32. The van der Waals surface area contributed by atoms with Crippen molar-refractivity contribution in [2.24, 2.45) is 5.92 Å². The van der Waals surface area contributed by atoms with E-state index < -0.39 is 19.8 Å². The second kappa shape index (κ2) is 8.36. The Morgan fingerprint density at radius 1 is 1.26 bits per heavy atom.